The van der Waals surface area contributed by atoms with Gasteiger partial charge in [-0.3, -0.25) is 9.59 Å². The minimum absolute atomic E-state index is 0.0577. The van der Waals surface area contributed by atoms with Crippen LogP contribution >= 0.6 is 0 Å². The molecule has 0 atom stereocenters. The second-order valence-corrected chi connectivity index (χ2v) is 6.03. The second kappa shape index (κ2) is 13.0. The molecule has 0 radical (unpaired) electrons. The van der Waals surface area contributed by atoms with Crippen LogP contribution in [0.4, 0.5) is 0 Å². The van der Waals surface area contributed by atoms with Crippen molar-refractivity contribution in [3.8, 4) is 0 Å². The topological polar surface area (TPSA) is 82.9 Å². The summed E-state index contributed by atoms with van der Waals surface area (Å²) < 4.78 is 0. The van der Waals surface area contributed by atoms with Crippen LogP contribution in [0.15, 0.2) is 10.2 Å². The molecule has 0 aliphatic rings. The van der Waals surface area contributed by atoms with Gasteiger partial charge in [-0.25, -0.2) is 10.9 Å². The highest BCUT2D eigenvalue weighted by molar-refractivity contribution is 5.77. The second-order valence-electron chi connectivity index (χ2n) is 6.03. The Morgan fingerprint density at radius 2 is 1.14 bits per heavy atom. The van der Waals surface area contributed by atoms with Gasteiger partial charge in [0.1, 0.15) is 0 Å². The Morgan fingerprint density at radius 1 is 0.773 bits per heavy atom. The summed E-state index contributed by atoms with van der Waals surface area (Å²) in [6.07, 6.45) is 7.86. The Hall–Kier alpha value is -1.72. The van der Waals surface area contributed by atoms with Gasteiger partial charge in [-0.1, -0.05) is 40.5 Å². The molecule has 0 fully saturated rings. The lowest BCUT2D eigenvalue weighted by atomic mass is 10.1. The largest absolute Gasteiger partial charge is 0.273 e. The van der Waals surface area contributed by atoms with Gasteiger partial charge in [-0.2, -0.15) is 10.2 Å². The van der Waals surface area contributed by atoms with Crippen molar-refractivity contribution in [1.29, 1.82) is 0 Å². The van der Waals surface area contributed by atoms with E-state index >= 15 is 0 Å². The molecule has 0 rings (SSSR count). The summed E-state index contributed by atoms with van der Waals surface area (Å²) in [5.74, 6) is 0.544. The monoisotopic (exact) mass is 310 g/mol. The zero-order valence-corrected chi connectivity index (χ0v) is 14.3. The van der Waals surface area contributed by atoms with Gasteiger partial charge in [-0.15, -0.1) is 0 Å². The number of hydrogen-bond acceptors (Lipinski definition) is 4. The first-order valence-corrected chi connectivity index (χ1v) is 8.06. The van der Waals surface area contributed by atoms with E-state index in [4.69, 9.17) is 0 Å². The molecule has 2 amide bonds. The van der Waals surface area contributed by atoms with Gasteiger partial charge in [0.05, 0.1) is 0 Å². The molecule has 6 nitrogen and oxygen atoms in total. The molecule has 0 aromatic rings. The zero-order valence-electron chi connectivity index (χ0n) is 14.3. The fraction of sp³-hybridized carbons (Fsp3) is 0.750. The number of nitrogens with zero attached hydrogens (tertiary/aromatic N) is 2. The number of unbranched alkanes of at least 4 members (excludes halogenated alkanes) is 3. The third-order valence-corrected chi connectivity index (χ3v) is 2.68. The van der Waals surface area contributed by atoms with Crippen molar-refractivity contribution in [3.63, 3.8) is 0 Å². The van der Waals surface area contributed by atoms with Crippen molar-refractivity contribution in [1.82, 2.24) is 10.9 Å². The van der Waals surface area contributed by atoms with E-state index in [-0.39, 0.29) is 11.8 Å². The van der Waals surface area contributed by atoms with E-state index in [0.29, 0.717) is 24.7 Å². The van der Waals surface area contributed by atoms with Gasteiger partial charge in [-0.05, 0) is 24.7 Å². The minimum Gasteiger partial charge on any atom is -0.273 e. The van der Waals surface area contributed by atoms with Gasteiger partial charge in [0.2, 0.25) is 11.8 Å². The van der Waals surface area contributed by atoms with Crippen LogP contribution in [0.2, 0.25) is 0 Å². The maximum Gasteiger partial charge on any atom is 0.240 e. The molecule has 2 N–H and O–H groups in total. The molecule has 0 unspecified atom stereocenters. The summed E-state index contributed by atoms with van der Waals surface area (Å²) in [5.41, 5.74) is 5.01. The molecule has 0 saturated carbocycles. The van der Waals surface area contributed by atoms with Crippen LogP contribution in [-0.4, -0.2) is 24.2 Å². The first kappa shape index (κ1) is 20.3. The molecule has 0 aliphatic carbocycles. The number of carbonyl (C=O) groups is 2. The predicted molar refractivity (Wildman–Crippen MR) is 90.6 cm³/mol. The number of amides is 2. The maximum atomic E-state index is 11.4. The fourth-order valence-electron chi connectivity index (χ4n) is 1.55. The molecule has 0 spiro atoms. The molecule has 0 aliphatic heterocycles. The van der Waals surface area contributed by atoms with Crippen molar-refractivity contribution >= 4 is 24.2 Å². The number of rotatable bonds is 11. The van der Waals surface area contributed by atoms with E-state index in [1.54, 1.807) is 12.4 Å². The highest BCUT2D eigenvalue weighted by Crippen LogP contribution is 2.05. The molecule has 22 heavy (non-hydrogen) atoms. The Kier molecular flexibility index (Phi) is 12.0. The van der Waals surface area contributed by atoms with Crippen molar-refractivity contribution in [3.05, 3.63) is 0 Å². The summed E-state index contributed by atoms with van der Waals surface area (Å²) in [6, 6.07) is 0. The van der Waals surface area contributed by atoms with E-state index in [1.807, 2.05) is 27.7 Å². The van der Waals surface area contributed by atoms with Crippen molar-refractivity contribution in [2.75, 3.05) is 0 Å². The SMILES string of the molecule is CC(C)C=NNC(=O)CCCCCCC(=O)NN=CC(C)C. The number of hydrazone groups is 2. The third-order valence-electron chi connectivity index (χ3n) is 2.68. The summed E-state index contributed by atoms with van der Waals surface area (Å²) in [4.78, 5) is 22.9. The van der Waals surface area contributed by atoms with Crippen LogP contribution in [0.1, 0.15) is 66.2 Å². The summed E-state index contributed by atoms with van der Waals surface area (Å²) in [7, 11) is 0. The Labute approximate surface area is 133 Å². The van der Waals surface area contributed by atoms with Crippen LogP contribution in [0.3, 0.4) is 0 Å². The lowest BCUT2D eigenvalue weighted by Gasteiger charge is -2.02. The highest BCUT2D eigenvalue weighted by atomic mass is 16.2. The summed E-state index contributed by atoms with van der Waals surface area (Å²) in [5, 5.41) is 7.72. The molecule has 0 heterocycles. The summed E-state index contributed by atoms with van der Waals surface area (Å²) >= 11 is 0. The quantitative estimate of drug-likeness (QED) is 0.349. The van der Waals surface area contributed by atoms with Gasteiger partial charge in [0.15, 0.2) is 0 Å². The third kappa shape index (κ3) is 14.7. The van der Waals surface area contributed by atoms with Crippen LogP contribution in [0.5, 0.6) is 0 Å². The normalized spacial score (nSPS) is 11.7. The van der Waals surface area contributed by atoms with Gasteiger partial charge < -0.3 is 0 Å². The first-order chi connectivity index (χ1) is 10.4. The standard InChI is InChI=1S/C16H30N4O2/c1-13(2)11-17-19-15(21)9-7-5-6-8-10-16(22)20-18-12-14(3)4/h11-14H,5-10H2,1-4H3,(H,19,21)(H,20,22). The molecule has 126 valence electrons. The van der Waals surface area contributed by atoms with Crippen molar-refractivity contribution in [2.45, 2.75) is 66.2 Å². The Bertz CT molecular complexity index is 340. The van der Waals surface area contributed by atoms with Crippen molar-refractivity contribution < 1.29 is 9.59 Å². The average molecular weight is 310 g/mol. The van der Waals surface area contributed by atoms with E-state index in [1.165, 1.54) is 0 Å². The number of hydrogen-bond donors (Lipinski definition) is 2. The molecular weight excluding hydrogens is 280 g/mol. The summed E-state index contributed by atoms with van der Waals surface area (Å²) in [6.45, 7) is 8.00. The maximum absolute atomic E-state index is 11.4. The van der Waals surface area contributed by atoms with Gasteiger partial charge in [0, 0.05) is 25.3 Å². The Morgan fingerprint density at radius 3 is 1.45 bits per heavy atom. The van der Waals surface area contributed by atoms with Gasteiger partial charge in [0.25, 0.3) is 0 Å². The predicted octanol–water partition coefficient (Wildman–Crippen LogP) is 2.84. The molecular formula is C16H30N4O2. The van der Waals surface area contributed by atoms with Crippen LogP contribution in [0.25, 0.3) is 0 Å². The van der Waals surface area contributed by atoms with E-state index < -0.39 is 0 Å². The van der Waals surface area contributed by atoms with Crippen LogP contribution < -0.4 is 10.9 Å². The molecule has 0 saturated heterocycles. The lowest BCUT2D eigenvalue weighted by molar-refractivity contribution is -0.122. The smallest absolute Gasteiger partial charge is 0.240 e. The average Bonchev–Trinajstić information content (AvgIpc) is 2.41. The molecule has 6 heteroatoms. The van der Waals surface area contributed by atoms with Gasteiger partial charge >= 0.3 is 0 Å². The number of nitrogens with one attached hydrogen (secondary N) is 2. The highest BCUT2D eigenvalue weighted by Gasteiger charge is 2.02. The van der Waals surface area contributed by atoms with Crippen LogP contribution in [0, 0.1) is 11.8 Å². The fourth-order valence-corrected chi connectivity index (χ4v) is 1.55. The molecule has 0 aromatic carbocycles. The van der Waals surface area contributed by atoms with Crippen LogP contribution in [-0.2, 0) is 9.59 Å². The number of carbonyl (C=O) groups excluding carboxylic acids is 2. The minimum atomic E-state index is -0.0577. The first-order valence-electron chi connectivity index (χ1n) is 8.06. The Balaban J connectivity index is 3.50. The molecule has 0 aromatic heterocycles. The van der Waals surface area contributed by atoms with E-state index in [0.717, 1.165) is 25.7 Å². The zero-order chi connectivity index (χ0) is 16.8. The van der Waals surface area contributed by atoms with Crippen molar-refractivity contribution in [2.24, 2.45) is 22.0 Å². The lowest BCUT2D eigenvalue weighted by Crippen LogP contribution is -2.18. The van der Waals surface area contributed by atoms with E-state index in [9.17, 15) is 9.59 Å². The molecule has 0 bridgehead atoms. The van der Waals surface area contributed by atoms with E-state index in [2.05, 4.69) is 21.1 Å².